The van der Waals surface area contributed by atoms with E-state index in [1.54, 1.807) is 35.1 Å². The molecule has 0 spiro atoms. The number of aromatic hydroxyl groups is 1. The van der Waals surface area contributed by atoms with E-state index in [-0.39, 0.29) is 11.6 Å². The van der Waals surface area contributed by atoms with E-state index in [1.165, 1.54) is 0 Å². The normalized spacial score (nSPS) is 10.8. The summed E-state index contributed by atoms with van der Waals surface area (Å²) in [5, 5.41) is 17.9. The van der Waals surface area contributed by atoms with Crippen LogP contribution in [0, 0.1) is 3.57 Å². The Hall–Kier alpha value is -1.90. The van der Waals surface area contributed by atoms with Crippen molar-refractivity contribution in [1.82, 2.24) is 19.9 Å². The Morgan fingerprint density at radius 3 is 2.89 bits per heavy atom. The van der Waals surface area contributed by atoms with Crippen molar-refractivity contribution in [1.29, 1.82) is 0 Å². The highest BCUT2D eigenvalue weighted by Crippen LogP contribution is 2.30. The van der Waals surface area contributed by atoms with Crippen molar-refractivity contribution in [3.8, 4) is 28.7 Å². The third-order valence-corrected chi connectivity index (χ3v) is 3.23. The molecule has 0 aliphatic rings. The number of nitrogens with zero attached hydrogens (tertiary/aromatic N) is 4. The van der Waals surface area contributed by atoms with Gasteiger partial charge in [-0.2, -0.15) is 10.1 Å². The number of phenolic OH excluding ortho intramolecular Hbond substituents is 1. The van der Waals surface area contributed by atoms with E-state index in [9.17, 15) is 5.11 Å². The van der Waals surface area contributed by atoms with Crippen LogP contribution in [0.4, 0.5) is 0 Å². The molecule has 0 bridgehead atoms. The lowest BCUT2D eigenvalue weighted by molar-refractivity contribution is 0.425. The second-order valence-electron chi connectivity index (χ2n) is 3.96. The van der Waals surface area contributed by atoms with Gasteiger partial charge in [-0.3, -0.25) is 4.68 Å². The average molecular weight is 368 g/mol. The molecule has 2 aromatic heterocycles. The Morgan fingerprint density at radius 2 is 2.16 bits per heavy atom. The Labute approximate surface area is 122 Å². The number of rotatable bonds is 2. The Balaban J connectivity index is 2.03. The maximum Gasteiger partial charge on any atom is 0.262 e. The third kappa shape index (κ3) is 2.33. The van der Waals surface area contributed by atoms with Gasteiger partial charge in [0.05, 0.1) is 5.56 Å². The van der Waals surface area contributed by atoms with Gasteiger partial charge in [0.1, 0.15) is 11.4 Å². The minimum Gasteiger partial charge on any atom is -0.507 e. The minimum absolute atomic E-state index is 0.108. The van der Waals surface area contributed by atoms with Gasteiger partial charge in [0, 0.05) is 16.8 Å². The Bertz CT molecular complexity index is 735. The molecule has 96 valence electrons. The van der Waals surface area contributed by atoms with Crippen LogP contribution in [0.2, 0.25) is 0 Å². The van der Waals surface area contributed by atoms with E-state index in [1.807, 2.05) is 7.05 Å². The van der Waals surface area contributed by atoms with Gasteiger partial charge >= 0.3 is 0 Å². The van der Waals surface area contributed by atoms with E-state index < -0.39 is 0 Å². The number of benzene rings is 1. The zero-order valence-corrected chi connectivity index (χ0v) is 12.1. The molecular formula is C12H9IN4O2. The van der Waals surface area contributed by atoms with Gasteiger partial charge in [0.15, 0.2) is 0 Å². The molecule has 1 N–H and O–H groups in total. The smallest absolute Gasteiger partial charge is 0.262 e. The van der Waals surface area contributed by atoms with Gasteiger partial charge in [-0.1, -0.05) is 5.16 Å². The summed E-state index contributed by atoms with van der Waals surface area (Å²) in [7, 11) is 1.82. The van der Waals surface area contributed by atoms with Crippen molar-refractivity contribution in [3.63, 3.8) is 0 Å². The van der Waals surface area contributed by atoms with Crippen molar-refractivity contribution in [3.05, 3.63) is 34.0 Å². The molecule has 0 radical (unpaired) electrons. The SMILES string of the molecule is Cn1ccc(-c2noc(-c3cc(I)ccc3O)n2)n1. The van der Waals surface area contributed by atoms with Crippen molar-refractivity contribution in [2.24, 2.45) is 7.05 Å². The number of hydrogen-bond donors (Lipinski definition) is 1. The highest BCUT2D eigenvalue weighted by Gasteiger charge is 2.15. The van der Waals surface area contributed by atoms with Crippen LogP contribution in [0.5, 0.6) is 5.75 Å². The molecule has 6 nitrogen and oxygen atoms in total. The summed E-state index contributed by atoms with van der Waals surface area (Å²) < 4.78 is 7.81. The molecule has 0 fully saturated rings. The Morgan fingerprint density at radius 1 is 1.32 bits per heavy atom. The van der Waals surface area contributed by atoms with E-state index in [0.29, 0.717) is 17.1 Å². The van der Waals surface area contributed by atoms with Crippen molar-refractivity contribution in [2.75, 3.05) is 0 Å². The van der Waals surface area contributed by atoms with Crippen LogP contribution in [-0.4, -0.2) is 25.0 Å². The molecule has 0 saturated carbocycles. The molecule has 0 unspecified atom stereocenters. The summed E-state index contributed by atoms with van der Waals surface area (Å²) in [6.45, 7) is 0. The molecule has 19 heavy (non-hydrogen) atoms. The highest BCUT2D eigenvalue weighted by atomic mass is 127. The lowest BCUT2D eigenvalue weighted by Gasteiger charge is -1.99. The van der Waals surface area contributed by atoms with Gasteiger partial charge in [-0.15, -0.1) is 0 Å². The zero-order chi connectivity index (χ0) is 13.4. The molecule has 0 aliphatic carbocycles. The molecule has 0 atom stereocenters. The van der Waals surface area contributed by atoms with E-state index >= 15 is 0 Å². The number of phenols is 1. The topological polar surface area (TPSA) is 77.0 Å². The summed E-state index contributed by atoms with van der Waals surface area (Å²) in [4.78, 5) is 4.25. The van der Waals surface area contributed by atoms with Gasteiger partial charge < -0.3 is 9.63 Å². The monoisotopic (exact) mass is 368 g/mol. The number of halogens is 1. The first-order valence-electron chi connectivity index (χ1n) is 5.46. The number of hydrogen-bond acceptors (Lipinski definition) is 5. The van der Waals surface area contributed by atoms with Crippen LogP contribution in [0.15, 0.2) is 35.0 Å². The van der Waals surface area contributed by atoms with Crippen LogP contribution in [-0.2, 0) is 7.05 Å². The molecule has 2 heterocycles. The molecule has 0 aliphatic heterocycles. The molecule has 0 amide bonds. The summed E-state index contributed by atoms with van der Waals surface area (Å²) in [5.41, 5.74) is 1.14. The van der Waals surface area contributed by atoms with Crippen LogP contribution in [0.1, 0.15) is 0 Å². The quantitative estimate of drug-likeness (QED) is 0.704. The second kappa shape index (κ2) is 4.65. The maximum atomic E-state index is 9.82. The van der Waals surface area contributed by atoms with E-state index in [0.717, 1.165) is 3.57 Å². The standard InChI is InChI=1S/C12H9IN4O2/c1-17-5-4-9(15-17)11-14-12(19-16-11)8-6-7(13)2-3-10(8)18/h2-6,18H,1H3. The highest BCUT2D eigenvalue weighted by molar-refractivity contribution is 14.1. The predicted octanol–water partition coefficient (Wildman–Crippen LogP) is 2.45. The van der Waals surface area contributed by atoms with Crippen molar-refractivity contribution < 1.29 is 9.63 Å². The molecule has 1 aromatic carbocycles. The van der Waals surface area contributed by atoms with Crippen molar-refractivity contribution >= 4 is 22.6 Å². The fourth-order valence-electron chi connectivity index (χ4n) is 1.65. The molecule has 3 aromatic rings. The third-order valence-electron chi connectivity index (χ3n) is 2.56. The average Bonchev–Trinajstić information content (AvgIpc) is 3.00. The zero-order valence-electron chi connectivity index (χ0n) is 9.91. The van der Waals surface area contributed by atoms with Gasteiger partial charge in [0.25, 0.3) is 5.89 Å². The van der Waals surface area contributed by atoms with Gasteiger partial charge in [-0.25, -0.2) is 0 Å². The van der Waals surface area contributed by atoms with E-state index in [2.05, 4.69) is 37.8 Å². The van der Waals surface area contributed by atoms with Crippen LogP contribution in [0.25, 0.3) is 23.0 Å². The fourth-order valence-corrected chi connectivity index (χ4v) is 2.14. The molecule has 7 heteroatoms. The van der Waals surface area contributed by atoms with E-state index in [4.69, 9.17) is 4.52 Å². The van der Waals surface area contributed by atoms with Gasteiger partial charge in [-0.05, 0) is 46.9 Å². The summed E-state index contributed by atoms with van der Waals surface area (Å²) in [5.74, 6) is 0.780. The largest absolute Gasteiger partial charge is 0.507 e. The second-order valence-corrected chi connectivity index (χ2v) is 5.20. The lowest BCUT2D eigenvalue weighted by Crippen LogP contribution is -1.89. The minimum atomic E-state index is 0.108. The summed E-state index contributed by atoms with van der Waals surface area (Å²) >= 11 is 2.15. The maximum absolute atomic E-state index is 9.82. The fraction of sp³-hybridized carbons (Fsp3) is 0.0833. The van der Waals surface area contributed by atoms with Crippen molar-refractivity contribution in [2.45, 2.75) is 0 Å². The molecule has 3 rings (SSSR count). The number of aryl methyl sites for hydroxylation is 1. The molecule has 0 saturated heterocycles. The first kappa shape index (κ1) is 12.2. The summed E-state index contributed by atoms with van der Waals surface area (Å²) in [6, 6.07) is 6.98. The number of aromatic nitrogens is 4. The molecular weight excluding hydrogens is 359 g/mol. The lowest BCUT2D eigenvalue weighted by atomic mass is 10.2. The Kier molecular flexibility index (Phi) is 2.97. The summed E-state index contributed by atoms with van der Waals surface area (Å²) in [6.07, 6.45) is 1.80. The van der Waals surface area contributed by atoms with Crippen LogP contribution >= 0.6 is 22.6 Å². The predicted molar refractivity (Wildman–Crippen MR) is 76.3 cm³/mol. The first-order chi connectivity index (χ1) is 9.13. The van der Waals surface area contributed by atoms with Crippen LogP contribution in [0.3, 0.4) is 0 Å². The van der Waals surface area contributed by atoms with Crippen LogP contribution < -0.4 is 0 Å². The van der Waals surface area contributed by atoms with Gasteiger partial charge in [0.2, 0.25) is 5.82 Å². The first-order valence-corrected chi connectivity index (χ1v) is 6.54.